The van der Waals surface area contributed by atoms with E-state index in [4.69, 9.17) is 18.9 Å². The highest BCUT2D eigenvalue weighted by atomic mass is 16.5. The number of hydrogen-bond acceptors (Lipinski definition) is 5. The maximum absolute atomic E-state index is 5.39. The molecule has 0 fully saturated rings. The van der Waals surface area contributed by atoms with Gasteiger partial charge in [-0.15, -0.1) is 0 Å². The molecule has 0 saturated heterocycles. The molecule has 0 rings (SSSR count). The highest BCUT2D eigenvalue weighted by molar-refractivity contribution is 4.49. The van der Waals surface area contributed by atoms with E-state index in [2.05, 4.69) is 5.32 Å². The highest BCUT2D eigenvalue weighted by Gasteiger charge is 1.92. The number of unbranched alkanes of at least 4 members (excludes halogenated alkanes) is 2. The average Bonchev–Trinajstić information content (AvgIpc) is 2.43. The van der Waals surface area contributed by atoms with Crippen LogP contribution in [0.15, 0.2) is 0 Å². The fourth-order valence-corrected chi connectivity index (χ4v) is 1.52. The van der Waals surface area contributed by atoms with E-state index in [0.29, 0.717) is 26.4 Å². The third-order valence-electron chi connectivity index (χ3n) is 2.65. The molecule has 0 spiro atoms. The van der Waals surface area contributed by atoms with E-state index in [-0.39, 0.29) is 0 Å². The van der Waals surface area contributed by atoms with Crippen LogP contribution in [0.3, 0.4) is 0 Å². The SMILES string of the molecule is COCCOCCCCNCCCCOCCOC. The Morgan fingerprint density at radius 2 is 1.05 bits per heavy atom. The van der Waals surface area contributed by atoms with Gasteiger partial charge in [0, 0.05) is 27.4 Å². The van der Waals surface area contributed by atoms with Crippen molar-refractivity contribution < 1.29 is 18.9 Å². The number of ether oxygens (including phenoxy) is 4. The summed E-state index contributed by atoms with van der Waals surface area (Å²) in [7, 11) is 3.38. The molecule has 0 heterocycles. The summed E-state index contributed by atoms with van der Waals surface area (Å²) in [6.45, 7) is 6.57. The summed E-state index contributed by atoms with van der Waals surface area (Å²) in [5.41, 5.74) is 0. The topological polar surface area (TPSA) is 49.0 Å². The maximum Gasteiger partial charge on any atom is 0.0700 e. The Morgan fingerprint density at radius 3 is 1.47 bits per heavy atom. The molecule has 0 atom stereocenters. The molecule has 0 aliphatic rings. The lowest BCUT2D eigenvalue weighted by molar-refractivity contribution is 0.0682. The molecule has 0 unspecified atom stereocenters. The lowest BCUT2D eigenvalue weighted by Gasteiger charge is -2.06. The minimum Gasteiger partial charge on any atom is -0.382 e. The van der Waals surface area contributed by atoms with Crippen LogP contribution in [0.5, 0.6) is 0 Å². The number of methoxy groups -OCH3 is 2. The van der Waals surface area contributed by atoms with Crippen LogP contribution in [0, 0.1) is 0 Å². The van der Waals surface area contributed by atoms with E-state index in [0.717, 1.165) is 52.0 Å². The Balaban J connectivity index is 2.88. The summed E-state index contributed by atoms with van der Waals surface area (Å²) in [6.07, 6.45) is 4.54. The van der Waals surface area contributed by atoms with Crippen molar-refractivity contribution in [1.82, 2.24) is 5.32 Å². The summed E-state index contributed by atoms with van der Waals surface area (Å²) >= 11 is 0. The van der Waals surface area contributed by atoms with Crippen LogP contribution in [-0.2, 0) is 18.9 Å². The first-order chi connectivity index (χ1) is 9.41. The first-order valence-corrected chi connectivity index (χ1v) is 7.26. The molecule has 0 aromatic heterocycles. The van der Waals surface area contributed by atoms with Gasteiger partial charge in [0.2, 0.25) is 0 Å². The summed E-state index contributed by atoms with van der Waals surface area (Å²) < 4.78 is 20.6. The van der Waals surface area contributed by atoms with Crippen LogP contribution in [0.1, 0.15) is 25.7 Å². The number of nitrogens with one attached hydrogen (secondary N) is 1. The highest BCUT2D eigenvalue weighted by Crippen LogP contribution is 1.91. The Hall–Kier alpha value is -0.200. The van der Waals surface area contributed by atoms with Crippen molar-refractivity contribution in [3.63, 3.8) is 0 Å². The smallest absolute Gasteiger partial charge is 0.0700 e. The van der Waals surface area contributed by atoms with Crippen LogP contribution in [-0.4, -0.2) is 67.0 Å². The molecule has 0 radical (unpaired) electrons. The third kappa shape index (κ3) is 17.8. The zero-order valence-electron chi connectivity index (χ0n) is 12.6. The second-order valence-corrected chi connectivity index (χ2v) is 4.37. The van der Waals surface area contributed by atoms with E-state index < -0.39 is 0 Å². The molecule has 19 heavy (non-hydrogen) atoms. The van der Waals surface area contributed by atoms with Gasteiger partial charge in [-0.3, -0.25) is 0 Å². The zero-order valence-corrected chi connectivity index (χ0v) is 12.6. The summed E-state index contributed by atoms with van der Waals surface area (Å²) in [6, 6.07) is 0. The average molecular weight is 277 g/mol. The van der Waals surface area contributed by atoms with Crippen molar-refractivity contribution in [2.24, 2.45) is 0 Å². The van der Waals surface area contributed by atoms with E-state index in [9.17, 15) is 0 Å². The standard InChI is InChI=1S/C14H31NO4/c1-16-11-13-18-9-5-3-7-15-8-4-6-10-19-14-12-17-2/h15H,3-14H2,1-2H3. The lowest BCUT2D eigenvalue weighted by Crippen LogP contribution is -2.17. The maximum atomic E-state index is 5.39. The van der Waals surface area contributed by atoms with Crippen molar-refractivity contribution >= 4 is 0 Å². The molecule has 0 amide bonds. The Labute approximate surface area is 117 Å². The van der Waals surface area contributed by atoms with Gasteiger partial charge < -0.3 is 24.3 Å². The lowest BCUT2D eigenvalue weighted by atomic mass is 10.3. The van der Waals surface area contributed by atoms with Gasteiger partial charge in [-0.1, -0.05) is 0 Å². The third-order valence-corrected chi connectivity index (χ3v) is 2.65. The Bertz CT molecular complexity index is 142. The molecule has 0 bridgehead atoms. The molecular formula is C14H31NO4. The quantitative estimate of drug-likeness (QED) is 0.433. The minimum atomic E-state index is 0.685. The van der Waals surface area contributed by atoms with Gasteiger partial charge in [-0.05, 0) is 38.8 Å². The van der Waals surface area contributed by atoms with Gasteiger partial charge in [0.05, 0.1) is 26.4 Å². The van der Waals surface area contributed by atoms with Gasteiger partial charge in [0.1, 0.15) is 0 Å². The molecule has 0 aliphatic heterocycles. The fraction of sp³-hybridized carbons (Fsp3) is 1.00. The molecule has 0 aromatic rings. The molecule has 5 heteroatoms. The van der Waals surface area contributed by atoms with Crippen molar-refractivity contribution in [3.8, 4) is 0 Å². The summed E-state index contributed by atoms with van der Waals surface area (Å²) in [5, 5.41) is 3.43. The van der Waals surface area contributed by atoms with Gasteiger partial charge in [0.15, 0.2) is 0 Å². The molecule has 0 aromatic carbocycles. The molecule has 116 valence electrons. The van der Waals surface area contributed by atoms with Gasteiger partial charge in [-0.2, -0.15) is 0 Å². The predicted octanol–water partition coefficient (Wildman–Crippen LogP) is 1.46. The Kier molecular flexibility index (Phi) is 17.6. The van der Waals surface area contributed by atoms with Crippen molar-refractivity contribution in [2.75, 3.05) is 67.0 Å². The normalized spacial score (nSPS) is 11.1. The fourth-order valence-electron chi connectivity index (χ4n) is 1.52. The van der Waals surface area contributed by atoms with Crippen molar-refractivity contribution in [1.29, 1.82) is 0 Å². The van der Waals surface area contributed by atoms with Gasteiger partial charge in [0.25, 0.3) is 0 Å². The molecule has 0 aliphatic carbocycles. The van der Waals surface area contributed by atoms with E-state index >= 15 is 0 Å². The number of rotatable bonds is 16. The molecule has 1 N–H and O–H groups in total. The van der Waals surface area contributed by atoms with Gasteiger partial charge in [-0.25, -0.2) is 0 Å². The molecule has 5 nitrogen and oxygen atoms in total. The molecular weight excluding hydrogens is 246 g/mol. The van der Waals surface area contributed by atoms with E-state index in [1.54, 1.807) is 14.2 Å². The second-order valence-electron chi connectivity index (χ2n) is 4.37. The van der Waals surface area contributed by atoms with Crippen LogP contribution >= 0.6 is 0 Å². The van der Waals surface area contributed by atoms with Gasteiger partial charge >= 0.3 is 0 Å². The zero-order chi connectivity index (χ0) is 14.0. The Morgan fingerprint density at radius 1 is 0.579 bits per heavy atom. The van der Waals surface area contributed by atoms with Crippen LogP contribution in [0.2, 0.25) is 0 Å². The minimum absolute atomic E-state index is 0.685. The van der Waals surface area contributed by atoms with Crippen molar-refractivity contribution in [3.05, 3.63) is 0 Å². The monoisotopic (exact) mass is 277 g/mol. The van der Waals surface area contributed by atoms with Crippen LogP contribution in [0.25, 0.3) is 0 Å². The van der Waals surface area contributed by atoms with E-state index in [1.807, 2.05) is 0 Å². The van der Waals surface area contributed by atoms with Crippen molar-refractivity contribution in [2.45, 2.75) is 25.7 Å². The molecule has 0 saturated carbocycles. The predicted molar refractivity (Wildman–Crippen MR) is 76.7 cm³/mol. The van der Waals surface area contributed by atoms with Crippen LogP contribution < -0.4 is 5.32 Å². The first-order valence-electron chi connectivity index (χ1n) is 7.26. The summed E-state index contributed by atoms with van der Waals surface area (Å²) in [5.74, 6) is 0. The van der Waals surface area contributed by atoms with Crippen LogP contribution in [0.4, 0.5) is 0 Å². The first kappa shape index (κ1) is 18.8. The largest absolute Gasteiger partial charge is 0.382 e. The van der Waals surface area contributed by atoms with E-state index in [1.165, 1.54) is 0 Å². The summed E-state index contributed by atoms with van der Waals surface area (Å²) in [4.78, 5) is 0. The number of hydrogen-bond donors (Lipinski definition) is 1. The second kappa shape index (κ2) is 17.8.